The maximum atomic E-state index is 11.6. The highest BCUT2D eigenvalue weighted by molar-refractivity contribution is 5.99. The highest BCUT2D eigenvalue weighted by Gasteiger charge is 2.37. The van der Waals surface area contributed by atoms with Gasteiger partial charge < -0.3 is 4.74 Å². The molecule has 1 saturated carbocycles. The van der Waals surface area contributed by atoms with Crippen LogP contribution in [-0.4, -0.2) is 18.9 Å². The summed E-state index contributed by atoms with van der Waals surface area (Å²) in [5.41, 5.74) is 0. The summed E-state index contributed by atoms with van der Waals surface area (Å²) in [6.07, 6.45) is 5.89. The summed E-state index contributed by atoms with van der Waals surface area (Å²) in [6, 6.07) is 0. The molecule has 0 spiro atoms. The minimum atomic E-state index is -0.524. The Hall–Kier alpha value is -1.12. The van der Waals surface area contributed by atoms with Crippen LogP contribution in [0.25, 0.3) is 0 Å². The van der Waals surface area contributed by atoms with Crippen LogP contribution in [0, 0.1) is 11.8 Å². The molecule has 0 aromatic carbocycles. The van der Waals surface area contributed by atoms with Gasteiger partial charge in [0.05, 0.1) is 7.11 Å². The number of hydrogen-bond acceptors (Lipinski definition) is 3. The van der Waals surface area contributed by atoms with Crippen molar-refractivity contribution in [3.05, 3.63) is 12.7 Å². The molecule has 0 radical (unpaired) electrons. The lowest BCUT2D eigenvalue weighted by atomic mass is 9.76. The van der Waals surface area contributed by atoms with Gasteiger partial charge in [-0.05, 0) is 31.6 Å². The van der Waals surface area contributed by atoms with Gasteiger partial charge in [-0.15, -0.1) is 6.58 Å². The molecule has 3 nitrogen and oxygen atoms in total. The van der Waals surface area contributed by atoms with Crippen LogP contribution in [0.2, 0.25) is 0 Å². The summed E-state index contributed by atoms with van der Waals surface area (Å²) < 4.78 is 4.68. The normalized spacial score (nSPS) is 26.1. The van der Waals surface area contributed by atoms with Crippen molar-refractivity contribution in [3.63, 3.8) is 0 Å². The van der Waals surface area contributed by atoms with E-state index >= 15 is 0 Å². The van der Waals surface area contributed by atoms with Crippen LogP contribution in [-0.2, 0) is 14.3 Å². The van der Waals surface area contributed by atoms with Crippen LogP contribution < -0.4 is 0 Å². The molecule has 3 heteroatoms. The minimum absolute atomic E-state index is 0.0437. The second-order valence-corrected chi connectivity index (χ2v) is 3.99. The minimum Gasteiger partial charge on any atom is -0.468 e. The molecule has 84 valence electrons. The van der Waals surface area contributed by atoms with E-state index in [-0.39, 0.29) is 17.7 Å². The van der Waals surface area contributed by atoms with Crippen molar-refractivity contribution in [2.75, 3.05) is 7.11 Å². The zero-order valence-corrected chi connectivity index (χ0v) is 9.20. The number of allylic oxidation sites excluding steroid dienone is 1. The average Bonchev–Trinajstić information content (AvgIpc) is 2.25. The first kappa shape index (κ1) is 12.0. The van der Waals surface area contributed by atoms with Gasteiger partial charge in [0.25, 0.3) is 0 Å². The lowest BCUT2D eigenvalue weighted by Crippen LogP contribution is -2.35. The Bertz CT molecular complexity index is 250. The Balaban J connectivity index is 2.68. The fourth-order valence-electron chi connectivity index (χ4n) is 2.22. The third-order valence-corrected chi connectivity index (χ3v) is 3.01. The van der Waals surface area contributed by atoms with Crippen LogP contribution >= 0.6 is 0 Å². The Morgan fingerprint density at radius 1 is 1.67 bits per heavy atom. The van der Waals surface area contributed by atoms with E-state index < -0.39 is 5.92 Å². The molecule has 2 atom stereocenters. The highest BCUT2D eigenvalue weighted by atomic mass is 16.5. The van der Waals surface area contributed by atoms with Crippen molar-refractivity contribution in [2.24, 2.45) is 11.8 Å². The van der Waals surface area contributed by atoms with E-state index in [0.29, 0.717) is 6.42 Å². The molecule has 15 heavy (non-hydrogen) atoms. The number of rotatable bonds is 4. The van der Waals surface area contributed by atoms with E-state index in [1.807, 2.05) is 6.08 Å². The number of ether oxygens (including phenoxy) is 1. The number of Topliss-reactive ketones (excluding diaryl/α,β-unsaturated/α-hetero) is 1. The average molecular weight is 210 g/mol. The summed E-state index contributed by atoms with van der Waals surface area (Å²) in [5, 5.41) is 0. The lowest BCUT2D eigenvalue weighted by molar-refractivity contribution is -0.153. The molecule has 0 bridgehead atoms. The fraction of sp³-hybridized carbons (Fsp3) is 0.667. The summed E-state index contributed by atoms with van der Waals surface area (Å²) in [6.45, 7) is 3.65. The van der Waals surface area contributed by atoms with Gasteiger partial charge in [0, 0.05) is 6.42 Å². The third-order valence-electron chi connectivity index (χ3n) is 3.01. The second kappa shape index (κ2) is 5.69. The molecule has 0 saturated heterocycles. The predicted molar refractivity (Wildman–Crippen MR) is 57.3 cm³/mol. The second-order valence-electron chi connectivity index (χ2n) is 3.99. The summed E-state index contributed by atoms with van der Waals surface area (Å²) in [5.74, 6) is -0.698. The van der Waals surface area contributed by atoms with Gasteiger partial charge in [-0.3, -0.25) is 9.59 Å². The van der Waals surface area contributed by atoms with Crippen LogP contribution in [0.1, 0.15) is 32.1 Å². The van der Waals surface area contributed by atoms with Crippen molar-refractivity contribution >= 4 is 11.8 Å². The Morgan fingerprint density at radius 3 is 3.00 bits per heavy atom. The fourth-order valence-corrected chi connectivity index (χ4v) is 2.22. The maximum absolute atomic E-state index is 11.6. The summed E-state index contributed by atoms with van der Waals surface area (Å²) >= 11 is 0. The quantitative estimate of drug-likeness (QED) is 0.405. The topological polar surface area (TPSA) is 43.4 Å². The Labute approximate surface area is 90.5 Å². The summed E-state index contributed by atoms with van der Waals surface area (Å²) in [7, 11) is 1.34. The molecular formula is C12H18O3. The van der Waals surface area contributed by atoms with Gasteiger partial charge in [-0.1, -0.05) is 6.08 Å². The van der Waals surface area contributed by atoms with Gasteiger partial charge in [-0.2, -0.15) is 0 Å². The van der Waals surface area contributed by atoms with E-state index in [9.17, 15) is 9.59 Å². The SMILES string of the molecule is C=CCC[C@@H]1CCCC(=O)[C@@H]1C(=O)OC. The molecule has 0 aromatic heterocycles. The molecule has 1 rings (SSSR count). The van der Waals surface area contributed by atoms with E-state index in [0.717, 1.165) is 25.7 Å². The van der Waals surface area contributed by atoms with Crippen molar-refractivity contribution in [2.45, 2.75) is 32.1 Å². The molecule has 0 aromatic rings. The molecular weight excluding hydrogens is 192 g/mol. The Morgan fingerprint density at radius 2 is 2.40 bits per heavy atom. The molecule has 1 aliphatic rings. The zero-order chi connectivity index (χ0) is 11.3. The monoisotopic (exact) mass is 210 g/mol. The number of carbonyl (C=O) groups is 2. The van der Waals surface area contributed by atoms with Gasteiger partial charge in [0.15, 0.2) is 0 Å². The standard InChI is InChI=1S/C12H18O3/c1-3-4-6-9-7-5-8-10(13)11(9)12(14)15-2/h3,9,11H,1,4-8H2,2H3/t9-,11-/m1/s1. The van der Waals surface area contributed by atoms with E-state index in [1.54, 1.807) is 0 Å². The van der Waals surface area contributed by atoms with Crippen molar-refractivity contribution in [1.82, 2.24) is 0 Å². The van der Waals surface area contributed by atoms with Crippen LogP contribution in [0.3, 0.4) is 0 Å². The number of hydrogen-bond donors (Lipinski definition) is 0. The first-order chi connectivity index (χ1) is 7.20. The van der Waals surface area contributed by atoms with E-state index in [1.165, 1.54) is 7.11 Å². The highest BCUT2D eigenvalue weighted by Crippen LogP contribution is 2.31. The van der Waals surface area contributed by atoms with Crippen LogP contribution in [0.5, 0.6) is 0 Å². The molecule has 0 N–H and O–H groups in total. The molecule has 0 amide bonds. The van der Waals surface area contributed by atoms with Gasteiger partial charge in [0.1, 0.15) is 11.7 Å². The molecule has 0 aliphatic heterocycles. The number of ketones is 1. The first-order valence-electron chi connectivity index (χ1n) is 5.42. The Kier molecular flexibility index (Phi) is 4.53. The van der Waals surface area contributed by atoms with Crippen LogP contribution in [0.4, 0.5) is 0 Å². The maximum Gasteiger partial charge on any atom is 0.316 e. The van der Waals surface area contributed by atoms with Gasteiger partial charge in [0.2, 0.25) is 0 Å². The number of carbonyl (C=O) groups excluding carboxylic acids is 2. The van der Waals surface area contributed by atoms with Crippen molar-refractivity contribution in [1.29, 1.82) is 0 Å². The number of methoxy groups -OCH3 is 1. The van der Waals surface area contributed by atoms with Crippen LogP contribution in [0.15, 0.2) is 12.7 Å². The molecule has 1 fully saturated rings. The van der Waals surface area contributed by atoms with Gasteiger partial charge >= 0.3 is 5.97 Å². The van der Waals surface area contributed by atoms with E-state index in [2.05, 4.69) is 11.3 Å². The molecule has 1 aliphatic carbocycles. The summed E-state index contributed by atoms with van der Waals surface area (Å²) in [4.78, 5) is 23.1. The third kappa shape index (κ3) is 2.91. The van der Waals surface area contributed by atoms with E-state index in [4.69, 9.17) is 0 Å². The predicted octanol–water partition coefficient (Wildman–Crippen LogP) is 2.11. The van der Waals surface area contributed by atoms with Crippen molar-refractivity contribution < 1.29 is 14.3 Å². The molecule has 0 heterocycles. The van der Waals surface area contributed by atoms with Crippen molar-refractivity contribution in [3.8, 4) is 0 Å². The first-order valence-corrected chi connectivity index (χ1v) is 5.42. The van der Waals surface area contributed by atoms with Gasteiger partial charge in [-0.25, -0.2) is 0 Å². The largest absolute Gasteiger partial charge is 0.468 e. The smallest absolute Gasteiger partial charge is 0.316 e. The number of esters is 1. The molecule has 0 unspecified atom stereocenters. The lowest BCUT2D eigenvalue weighted by Gasteiger charge is -2.27. The zero-order valence-electron chi connectivity index (χ0n) is 9.20.